The lowest BCUT2D eigenvalue weighted by atomic mass is 10.1. The van der Waals surface area contributed by atoms with Gasteiger partial charge in [0.2, 0.25) is 0 Å². The van der Waals surface area contributed by atoms with E-state index in [1.165, 1.54) is 18.9 Å². The number of thiocarbonyl (C=S) groups is 1. The molecule has 1 saturated heterocycles. The van der Waals surface area contributed by atoms with E-state index in [0.717, 1.165) is 31.2 Å². The number of ether oxygens (including phenoxy) is 3. The van der Waals surface area contributed by atoms with Crippen molar-refractivity contribution in [1.29, 1.82) is 0 Å². The van der Waals surface area contributed by atoms with Gasteiger partial charge < -0.3 is 14.2 Å². The van der Waals surface area contributed by atoms with E-state index in [9.17, 15) is 9.59 Å². The summed E-state index contributed by atoms with van der Waals surface area (Å²) in [6.07, 6.45) is 5.49. The molecule has 0 unspecified atom stereocenters. The number of carbonyl (C=O) groups is 2. The lowest BCUT2D eigenvalue weighted by Crippen LogP contribution is -2.29. The van der Waals surface area contributed by atoms with Crippen molar-refractivity contribution in [1.82, 2.24) is 4.90 Å². The molecule has 1 aromatic rings. The van der Waals surface area contributed by atoms with Gasteiger partial charge in [-0.25, -0.2) is 0 Å². The first-order valence-electron chi connectivity index (χ1n) is 9.63. The fraction of sp³-hybridized carbons (Fsp3) is 0.476. The summed E-state index contributed by atoms with van der Waals surface area (Å²) in [5.41, 5.74) is 0.851. The fourth-order valence-corrected chi connectivity index (χ4v) is 4.08. The zero-order chi connectivity index (χ0) is 21.2. The Morgan fingerprint density at radius 1 is 1.21 bits per heavy atom. The van der Waals surface area contributed by atoms with Crippen LogP contribution in [0.5, 0.6) is 11.5 Å². The summed E-state index contributed by atoms with van der Waals surface area (Å²) in [4.78, 5) is 26.1. The molecule has 0 bridgehead atoms. The van der Waals surface area contributed by atoms with Gasteiger partial charge in [0, 0.05) is 13.0 Å². The third-order valence-electron chi connectivity index (χ3n) is 4.31. The SMILES string of the molecule is CCCOc1ccc(/C=C2/SC(=S)N(CCCCCC(=O)OC)C2=O)cc1OC. The van der Waals surface area contributed by atoms with Crippen molar-refractivity contribution in [2.24, 2.45) is 0 Å². The summed E-state index contributed by atoms with van der Waals surface area (Å²) in [5.74, 6) is 1.03. The summed E-state index contributed by atoms with van der Waals surface area (Å²) in [5, 5.41) is 0. The molecule has 6 nitrogen and oxygen atoms in total. The van der Waals surface area contributed by atoms with Crippen LogP contribution < -0.4 is 9.47 Å². The molecule has 0 spiro atoms. The van der Waals surface area contributed by atoms with Crippen molar-refractivity contribution in [3.8, 4) is 11.5 Å². The topological polar surface area (TPSA) is 65.1 Å². The van der Waals surface area contributed by atoms with Gasteiger partial charge in [0.25, 0.3) is 5.91 Å². The Morgan fingerprint density at radius 2 is 2.00 bits per heavy atom. The molecule has 158 valence electrons. The Hall–Kier alpha value is -2.06. The fourth-order valence-electron chi connectivity index (χ4n) is 2.77. The summed E-state index contributed by atoms with van der Waals surface area (Å²) >= 11 is 6.68. The highest BCUT2D eigenvalue weighted by atomic mass is 32.2. The van der Waals surface area contributed by atoms with Gasteiger partial charge in [0.15, 0.2) is 11.5 Å². The van der Waals surface area contributed by atoms with E-state index < -0.39 is 0 Å². The minimum Gasteiger partial charge on any atom is -0.493 e. The largest absolute Gasteiger partial charge is 0.493 e. The van der Waals surface area contributed by atoms with Crippen LogP contribution in [0.1, 0.15) is 44.6 Å². The van der Waals surface area contributed by atoms with Crippen LogP contribution in [0.2, 0.25) is 0 Å². The average Bonchev–Trinajstić information content (AvgIpc) is 2.99. The highest BCUT2D eigenvalue weighted by Crippen LogP contribution is 2.35. The summed E-state index contributed by atoms with van der Waals surface area (Å²) in [6.45, 7) is 3.21. The molecule has 1 fully saturated rings. The minimum absolute atomic E-state index is 0.0850. The van der Waals surface area contributed by atoms with Crippen LogP contribution in [-0.2, 0) is 14.3 Å². The van der Waals surface area contributed by atoms with Crippen molar-refractivity contribution in [3.05, 3.63) is 28.7 Å². The molecule has 1 aliphatic rings. The number of rotatable bonds is 11. The monoisotopic (exact) mass is 437 g/mol. The summed E-state index contributed by atoms with van der Waals surface area (Å²) < 4.78 is 16.3. The molecule has 1 aromatic carbocycles. The number of nitrogens with zero attached hydrogens (tertiary/aromatic N) is 1. The van der Waals surface area contributed by atoms with Gasteiger partial charge >= 0.3 is 5.97 Å². The third-order valence-corrected chi connectivity index (χ3v) is 5.69. The maximum Gasteiger partial charge on any atom is 0.305 e. The van der Waals surface area contributed by atoms with Gasteiger partial charge in [0.1, 0.15) is 4.32 Å². The van der Waals surface area contributed by atoms with Crippen molar-refractivity contribution in [2.75, 3.05) is 27.4 Å². The molecule has 0 saturated carbocycles. The van der Waals surface area contributed by atoms with E-state index in [0.29, 0.717) is 40.3 Å². The van der Waals surface area contributed by atoms with Crippen LogP contribution in [-0.4, -0.2) is 48.5 Å². The predicted octanol–water partition coefficient (Wildman–Crippen LogP) is 4.42. The molecule has 8 heteroatoms. The van der Waals surface area contributed by atoms with Crippen LogP contribution in [0.4, 0.5) is 0 Å². The third kappa shape index (κ3) is 6.75. The number of hydrogen-bond donors (Lipinski definition) is 0. The van der Waals surface area contributed by atoms with Crippen LogP contribution in [0, 0.1) is 0 Å². The molecule has 0 aliphatic carbocycles. The second kappa shape index (κ2) is 11.8. The molecule has 0 atom stereocenters. The van der Waals surface area contributed by atoms with Crippen molar-refractivity contribution < 1.29 is 23.8 Å². The first-order valence-corrected chi connectivity index (χ1v) is 10.9. The second-order valence-electron chi connectivity index (χ2n) is 6.48. The molecular formula is C21H27NO5S2. The molecule has 1 aliphatic heterocycles. The van der Waals surface area contributed by atoms with Gasteiger partial charge in [0.05, 0.1) is 25.7 Å². The molecule has 1 heterocycles. The molecular weight excluding hydrogens is 410 g/mol. The van der Waals surface area contributed by atoms with Crippen LogP contribution in [0.25, 0.3) is 6.08 Å². The second-order valence-corrected chi connectivity index (χ2v) is 8.15. The molecule has 1 amide bonds. The lowest BCUT2D eigenvalue weighted by molar-refractivity contribution is -0.140. The zero-order valence-corrected chi connectivity index (χ0v) is 18.7. The van der Waals surface area contributed by atoms with E-state index in [1.807, 2.05) is 31.2 Å². The first-order chi connectivity index (χ1) is 14.0. The van der Waals surface area contributed by atoms with Crippen molar-refractivity contribution >= 4 is 46.3 Å². The Labute approximate surface area is 181 Å². The average molecular weight is 438 g/mol. The first kappa shape index (κ1) is 23.2. The Bertz CT molecular complexity index is 778. The number of carbonyl (C=O) groups excluding carboxylic acids is 2. The van der Waals surface area contributed by atoms with Gasteiger partial charge in [-0.2, -0.15) is 0 Å². The van der Waals surface area contributed by atoms with E-state index in [1.54, 1.807) is 12.0 Å². The summed E-state index contributed by atoms with van der Waals surface area (Å²) in [7, 11) is 2.98. The van der Waals surface area contributed by atoms with Gasteiger partial charge in [-0.05, 0) is 43.0 Å². The summed E-state index contributed by atoms with van der Waals surface area (Å²) in [6, 6.07) is 5.60. The smallest absolute Gasteiger partial charge is 0.305 e. The molecule has 29 heavy (non-hydrogen) atoms. The standard InChI is InChI=1S/C21H27NO5S2/c1-4-12-27-16-10-9-15(13-17(16)25-2)14-18-20(24)22(21(28)29-18)11-7-5-6-8-19(23)26-3/h9-10,13-14H,4-8,11-12H2,1-3H3/b18-14+. The lowest BCUT2D eigenvalue weighted by Gasteiger charge is -2.14. The predicted molar refractivity (Wildman–Crippen MR) is 119 cm³/mol. The number of unbranched alkanes of at least 4 members (excludes halogenated alkanes) is 2. The normalized spacial score (nSPS) is 15.1. The van der Waals surface area contributed by atoms with E-state index in [4.69, 9.17) is 21.7 Å². The highest BCUT2D eigenvalue weighted by molar-refractivity contribution is 8.26. The van der Waals surface area contributed by atoms with Crippen molar-refractivity contribution in [3.63, 3.8) is 0 Å². The number of thioether (sulfide) groups is 1. The highest BCUT2D eigenvalue weighted by Gasteiger charge is 2.31. The van der Waals surface area contributed by atoms with Crippen molar-refractivity contribution in [2.45, 2.75) is 39.0 Å². The number of esters is 1. The van der Waals surface area contributed by atoms with Gasteiger partial charge in [-0.1, -0.05) is 43.4 Å². The van der Waals surface area contributed by atoms with Crippen LogP contribution in [0.3, 0.4) is 0 Å². The number of hydrogen-bond acceptors (Lipinski definition) is 7. The van der Waals surface area contributed by atoms with Gasteiger partial charge in [-0.15, -0.1) is 0 Å². The molecule has 0 N–H and O–H groups in total. The van der Waals surface area contributed by atoms with E-state index >= 15 is 0 Å². The minimum atomic E-state index is -0.208. The number of benzene rings is 1. The zero-order valence-electron chi connectivity index (χ0n) is 17.1. The number of amides is 1. The Kier molecular flexibility index (Phi) is 9.47. The Morgan fingerprint density at radius 3 is 2.69 bits per heavy atom. The van der Waals surface area contributed by atoms with E-state index in [-0.39, 0.29) is 11.9 Å². The maximum absolute atomic E-state index is 12.7. The van der Waals surface area contributed by atoms with Crippen LogP contribution in [0.15, 0.2) is 23.1 Å². The molecule has 2 rings (SSSR count). The van der Waals surface area contributed by atoms with Gasteiger partial charge in [-0.3, -0.25) is 14.5 Å². The quantitative estimate of drug-likeness (QED) is 0.220. The Balaban J connectivity index is 1.97. The van der Waals surface area contributed by atoms with E-state index in [2.05, 4.69) is 4.74 Å². The maximum atomic E-state index is 12.7. The molecule has 0 radical (unpaired) electrons. The number of methoxy groups -OCH3 is 2. The molecule has 0 aromatic heterocycles. The van der Waals surface area contributed by atoms with Crippen LogP contribution >= 0.6 is 24.0 Å².